The molecular weight excluding hydrogens is 627 g/mol. The normalized spacial score (nSPS) is 12.0. The molecule has 3 aromatic heterocycles. The fourth-order valence-corrected chi connectivity index (χ4v) is 8.66. The Morgan fingerprint density at radius 3 is 1.84 bits per heavy atom. The highest BCUT2D eigenvalue weighted by Crippen LogP contribution is 2.57. The molecule has 0 N–H and O–H groups in total. The van der Waals surface area contributed by atoms with Gasteiger partial charge in [-0.1, -0.05) is 133 Å². The standard InChI is InChI=1S/C46H29N3S/c1-4-14-30(15-5-1)33-26-40(32-18-8-3-9-19-32)48-43(27-33)49-41-23-13-12-22-36(41)34-20-10-11-21-35(34)39-28-38(31-16-6-2-7-17-31)46-44(45(39)49)37-24-25-47-29-42(37)50-46/h1-29H. The van der Waals surface area contributed by atoms with Gasteiger partial charge in [0.1, 0.15) is 5.82 Å². The van der Waals surface area contributed by atoms with Gasteiger partial charge in [-0.15, -0.1) is 11.3 Å². The predicted octanol–water partition coefficient (Wildman–Crippen LogP) is 13.0. The Hall–Kier alpha value is -6.36. The van der Waals surface area contributed by atoms with Crippen LogP contribution in [0.5, 0.6) is 0 Å². The van der Waals surface area contributed by atoms with Gasteiger partial charge >= 0.3 is 0 Å². The van der Waals surface area contributed by atoms with Crippen molar-refractivity contribution in [1.29, 1.82) is 0 Å². The van der Waals surface area contributed by atoms with Crippen molar-refractivity contribution in [2.45, 2.75) is 0 Å². The lowest BCUT2D eigenvalue weighted by Gasteiger charge is -2.29. The Kier molecular flexibility index (Phi) is 6.68. The highest BCUT2D eigenvalue weighted by molar-refractivity contribution is 7.26. The van der Waals surface area contributed by atoms with Gasteiger partial charge in [0.15, 0.2) is 0 Å². The van der Waals surface area contributed by atoms with E-state index in [0.29, 0.717) is 0 Å². The lowest BCUT2D eigenvalue weighted by molar-refractivity contribution is 1.20. The molecule has 0 bridgehead atoms. The highest BCUT2D eigenvalue weighted by Gasteiger charge is 2.31. The lowest BCUT2D eigenvalue weighted by Crippen LogP contribution is -2.13. The fraction of sp³-hybridized carbons (Fsp3) is 0. The molecule has 0 amide bonds. The second kappa shape index (κ2) is 11.7. The molecule has 1 aliphatic heterocycles. The Morgan fingerprint density at radius 2 is 1.10 bits per heavy atom. The maximum absolute atomic E-state index is 5.52. The molecular formula is C46H29N3S. The number of nitrogens with zero attached hydrogens (tertiary/aromatic N) is 3. The summed E-state index contributed by atoms with van der Waals surface area (Å²) in [4.78, 5) is 12.5. The van der Waals surface area contributed by atoms with Crippen LogP contribution in [0.15, 0.2) is 176 Å². The van der Waals surface area contributed by atoms with Gasteiger partial charge in [-0.3, -0.25) is 9.88 Å². The van der Waals surface area contributed by atoms with Crippen molar-refractivity contribution in [3.05, 3.63) is 176 Å². The molecule has 6 aromatic carbocycles. The van der Waals surface area contributed by atoms with Gasteiger partial charge in [-0.25, -0.2) is 4.98 Å². The number of hydrogen-bond acceptors (Lipinski definition) is 4. The van der Waals surface area contributed by atoms with E-state index in [1.165, 1.54) is 48.9 Å². The van der Waals surface area contributed by atoms with Crippen LogP contribution in [0, 0.1) is 0 Å². The summed E-state index contributed by atoms with van der Waals surface area (Å²) in [5.74, 6) is 0.869. The van der Waals surface area contributed by atoms with E-state index in [-0.39, 0.29) is 0 Å². The Bertz CT molecular complexity index is 2640. The first-order valence-corrected chi connectivity index (χ1v) is 17.6. The Balaban J connectivity index is 1.39. The van der Waals surface area contributed by atoms with Gasteiger partial charge in [0, 0.05) is 50.1 Å². The molecule has 0 atom stereocenters. The summed E-state index contributed by atoms with van der Waals surface area (Å²) in [6, 6.07) is 58.6. The zero-order valence-corrected chi connectivity index (χ0v) is 27.8. The first kappa shape index (κ1) is 28.6. The van der Waals surface area contributed by atoms with Crippen molar-refractivity contribution in [2.24, 2.45) is 0 Å². The number of hydrogen-bond donors (Lipinski definition) is 0. The summed E-state index contributed by atoms with van der Waals surface area (Å²) in [7, 11) is 0. The van der Waals surface area contributed by atoms with Gasteiger partial charge in [-0.05, 0) is 58.1 Å². The largest absolute Gasteiger partial charge is 0.293 e. The average molecular weight is 656 g/mol. The number of fused-ring (bicyclic) bond motifs is 9. The van der Waals surface area contributed by atoms with Crippen LogP contribution in [0.2, 0.25) is 0 Å². The highest BCUT2D eigenvalue weighted by atomic mass is 32.1. The summed E-state index contributed by atoms with van der Waals surface area (Å²) in [5.41, 5.74) is 13.7. The molecule has 0 spiro atoms. The molecule has 1 aliphatic rings. The molecule has 50 heavy (non-hydrogen) atoms. The molecule has 4 heterocycles. The van der Waals surface area contributed by atoms with Crippen molar-refractivity contribution < 1.29 is 0 Å². The van der Waals surface area contributed by atoms with E-state index in [0.717, 1.165) is 44.3 Å². The van der Waals surface area contributed by atoms with Gasteiger partial charge in [0.05, 0.1) is 21.8 Å². The first-order chi connectivity index (χ1) is 24.8. The molecule has 0 unspecified atom stereocenters. The number of rotatable bonds is 4. The first-order valence-electron chi connectivity index (χ1n) is 16.8. The lowest BCUT2D eigenvalue weighted by atomic mass is 9.91. The quantitative estimate of drug-likeness (QED) is 0.189. The summed E-state index contributed by atoms with van der Waals surface area (Å²) in [5, 5.41) is 2.40. The van der Waals surface area contributed by atoms with Crippen LogP contribution < -0.4 is 4.90 Å². The zero-order valence-electron chi connectivity index (χ0n) is 27.0. The average Bonchev–Trinajstić information content (AvgIpc) is 3.53. The Labute approximate surface area is 294 Å². The number of aromatic nitrogens is 2. The molecule has 4 heteroatoms. The van der Waals surface area contributed by atoms with Gasteiger partial charge in [0.2, 0.25) is 0 Å². The van der Waals surface area contributed by atoms with E-state index >= 15 is 0 Å². The fourth-order valence-electron chi connectivity index (χ4n) is 7.45. The molecule has 9 aromatic rings. The Morgan fingerprint density at radius 1 is 0.480 bits per heavy atom. The third kappa shape index (κ3) is 4.57. The third-order valence-electron chi connectivity index (χ3n) is 9.70. The number of para-hydroxylation sites is 1. The molecule has 0 fully saturated rings. The molecule has 0 aliphatic carbocycles. The second-order valence-electron chi connectivity index (χ2n) is 12.6. The van der Waals surface area contributed by atoms with E-state index in [4.69, 9.17) is 4.98 Å². The minimum atomic E-state index is 0.869. The molecule has 10 rings (SSSR count). The van der Waals surface area contributed by atoms with E-state index < -0.39 is 0 Å². The van der Waals surface area contributed by atoms with Gasteiger partial charge in [0.25, 0.3) is 0 Å². The molecule has 0 saturated carbocycles. The SMILES string of the molecule is c1ccc(-c2cc(-c3ccccc3)nc(N3c4ccccc4-c4ccccc4-c4cc(-c5ccccc5)c5sc6cnccc6c5c43)c2)cc1. The number of anilines is 3. The van der Waals surface area contributed by atoms with Crippen LogP contribution in [0.25, 0.3) is 75.9 Å². The molecule has 234 valence electrons. The summed E-state index contributed by atoms with van der Waals surface area (Å²) in [6.45, 7) is 0. The van der Waals surface area contributed by atoms with Crippen LogP contribution in [0.3, 0.4) is 0 Å². The zero-order chi connectivity index (χ0) is 33.0. The maximum atomic E-state index is 5.52. The van der Waals surface area contributed by atoms with Crippen molar-refractivity contribution in [3.63, 3.8) is 0 Å². The number of pyridine rings is 2. The molecule has 0 radical (unpaired) electrons. The van der Waals surface area contributed by atoms with Crippen molar-refractivity contribution in [1.82, 2.24) is 9.97 Å². The van der Waals surface area contributed by atoms with E-state index in [9.17, 15) is 0 Å². The molecule has 3 nitrogen and oxygen atoms in total. The van der Waals surface area contributed by atoms with Crippen molar-refractivity contribution in [2.75, 3.05) is 4.90 Å². The van der Waals surface area contributed by atoms with Crippen LogP contribution in [-0.2, 0) is 0 Å². The predicted molar refractivity (Wildman–Crippen MR) is 210 cm³/mol. The molecule has 0 saturated heterocycles. The van der Waals surface area contributed by atoms with E-state index in [2.05, 4.69) is 174 Å². The van der Waals surface area contributed by atoms with Gasteiger partial charge < -0.3 is 0 Å². The van der Waals surface area contributed by atoms with Gasteiger partial charge in [-0.2, -0.15) is 0 Å². The summed E-state index contributed by atoms with van der Waals surface area (Å²) in [6.07, 6.45) is 3.92. The van der Waals surface area contributed by atoms with Crippen LogP contribution in [0.4, 0.5) is 17.2 Å². The summed E-state index contributed by atoms with van der Waals surface area (Å²) < 4.78 is 2.40. The minimum absolute atomic E-state index is 0.869. The summed E-state index contributed by atoms with van der Waals surface area (Å²) >= 11 is 1.81. The van der Waals surface area contributed by atoms with Crippen LogP contribution in [-0.4, -0.2) is 9.97 Å². The smallest absolute Gasteiger partial charge is 0.138 e. The minimum Gasteiger partial charge on any atom is -0.293 e. The number of thiophene rings is 1. The van der Waals surface area contributed by atoms with Crippen molar-refractivity contribution in [3.8, 4) is 55.8 Å². The maximum Gasteiger partial charge on any atom is 0.138 e. The topological polar surface area (TPSA) is 29.0 Å². The number of benzene rings is 6. The van der Waals surface area contributed by atoms with Crippen LogP contribution in [0.1, 0.15) is 0 Å². The monoisotopic (exact) mass is 655 g/mol. The van der Waals surface area contributed by atoms with E-state index in [1.54, 1.807) is 0 Å². The second-order valence-corrected chi connectivity index (χ2v) is 13.6. The van der Waals surface area contributed by atoms with E-state index in [1.807, 2.05) is 23.7 Å². The van der Waals surface area contributed by atoms with Crippen LogP contribution >= 0.6 is 11.3 Å². The third-order valence-corrected chi connectivity index (χ3v) is 10.9. The van der Waals surface area contributed by atoms with Crippen molar-refractivity contribution >= 4 is 48.7 Å².